The smallest absolute Gasteiger partial charge is 0.264 e. The molecule has 190 valence electrons. The fourth-order valence-electron chi connectivity index (χ4n) is 4.52. The van der Waals surface area contributed by atoms with Crippen molar-refractivity contribution in [2.24, 2.45) is 0 Å². The van der Waals surface area contributed by atoms with Gasteiger partial charge in [0, 0.05) is 12.1 Å². The maximum absolute atomic E-state index is 13.5. The number of hydrogen-bond donors (Lipinski definition) is 1. The van der Waals surface area contributed by atoms with Crippen molar-refractivity contribution in [3.63, 3.8) is 0 Å². The third kappa shape index (κ3) is 6.95. The first kappa shape index (κ1) is 25.9. The van der Waals surface area contributed by atoms with E-state index in [2.05, 4.69) is 10.2 Å². The average molecular weight is 506 g/mol. The van der Waals surface area contributed by atoms with Crippen molar-refractivity contribution in [2.45, 2.75) is 43.5 Å². The summed E-state index contributed by atoms with van der Waals surface area (Å²) in [7, 11) is -3.76. The highest BCUT2D eigenvalue weighted by atomic mass is 32.2. The number of benzene rings is 3. The lowest BCUT2D eigenvalue weighted by molar-refractivity contribution is 0.0951. The van der Waals surface area contributed by atoms with Gasteiger partial charge in [0.2, 0.25) is 0 Å². The molecule has 0 saturated carbocycles. The molecule has 0 spiro atoms. The van der Waals surface area contributed by atoms with Crippen LogP contribution in [-0.2, 0) is 16.6 Å². The predicted octanol–water partition coefficient (Wildman–Crippen LogP) is 5.08. The topological polar surface area (TPSA) is 69.7 Å². The van der Waals surface area contributed by atoms with E-state index < -0.39 is 10.0 Å². The molecule has 0 unspecified atom stereocenters. The summed E-state index contributed by atoms with van der Waals surface area (Å²) < 4.78 is 28.3. The van der Waals surface area contributed by atoms with E-state index in [0.29, 0.717) is 17.8 Å². The fraction of sp³-hybridized carbons (Fsp3) is 0.345. The Balaban J connectivity index is 1.38. The number of carbonyl (C=O) groups is 1. The minimum Gasteiger partial charge on any atom is -0.352 e. The Morgan fingerprint density at radius 1 is 0.806 bits per heavy atom. The molecule has 3 aromatic rings. The van der Waals surface area contributed by atoms with E-state index in [4.69, 9.17) is 0 Å². The number of sulfonamides is 1. The zero-order valence-corrected chi connectivity index (χ0v) is 21.5. The van der Waals surface area contributed by atoms with Crippen LogP contribution in [0.4, 0.5) is 5.69 Å². The molecule has 0 aliphatic carbocycles. The first-order valence-electron chi connectivity index (χ1n) is 12.8. The van der Waals surface area contributed by atoms with Gasteiger partial charge in [-0.05, 0) is 80.9 Å². The maximum Gasteiger partial charge on any atom is 0.264 e. The third-order valence-electron chi connectivity index (χ3n) is 6.55. The van der Waals surface area contributed by atoms with E-state index in [0.717, 1.165) is 31.6 Å². The molecule has 1 saturated heterocycles. The lowest BCUT2D eigenvalue weighted by Crippen LogP contribution is -2.31. The van der Waals surface area contributed by atoms with E-state index in [-0.39, 0.29) is 17.3 Å². The first-order valence-corrected chi connectivity index (χ1v) is 14.2. The molecule has 0 radical (unpaired) electrons. The maximum atomic E-state index is 13.5. The summed E-state index contributed by atoms with van der Waals surface area (Å²) in [5, 5.41) is 3.01. The summed E-state index contributed by atoms with van der Waals surface area (Å²) in [5.74, 6) is -0.103. The summed E-state index contributed by atoms with van der Waals surface area (Å²) in [6.45, 7) is 4.16. The fourth-order valence-corrected chi connectivity index (χ4v) is 6.00. The lowest BCUT2D eigenvalue weighted by atomic mass is 10.1. The highest BCUT2D eigenvalue weighted by Gasteiger charge is 2.25. The van der Waals surface area contributed by atoms with Crippen molar-refractivity contribution in [1.82, 2.24) is 10.2 Å². The third-order valence-corrected chi connectivity index (χ3v) is 8.34. The van der Waals surface area contributed by atoms with Crippen LogP contribution in [0.1, 0.15) is 48.0 Å². The number of nitrogens with one attached hydrogen (secondary N) is 1. The standard InChI is InChI=1S/C29H35N3O3S/c33-29(30-20-11-23-31-21-9-1-2-10-22-31)26-18-16-25(17-19-26)24-32(27-12-5-3-6-13-27)36(34,35)28-14-7-4-8-15-28/h3-8,12-19H,1-2,9-11,20-24H2,(H,30,33). The number of para-hydroxylation sites is 1. The summed E-state index contributed by atoms with van der Waals surface area (Å²) in [6.07, 6.45) is 6.13. The van der Waals surface area contributed by atoms with Crippen LogP contribution in [0.25, 0.3) is 0 Å². The summed E-state index contributed by atoms with van der Waals surface area (Å²) in [5.41, 5.74) is 1.97. The lowest BCUT2D eigenvalue weighted by Gasteiger charge is -2.25. The Labute approximate surface area is 215 Å². The van der Waals surface area contributed by atoms with Gasteiger partial charge in [-0.15, -0.1) is 0 Å². The number of anilines is 1. The monoisotopic (exact) mass is 505 g/mol. The van der Waals surface area contributed by atoms with Crippen LogP contribution in [0, 0.1) is 0 Å². The van der Waals surface area contributed by atoms with Crippen molar-refractivity contribution < 1.29 is 13.2 Å². The minimum atomic E-state index is -3.76. The van der Waals surface area contributed by atoms with Gasteiger partial charge in [-0.1, -0.05) is 61.4 Å². The molecule has 0 aromatic heterocycles. The van der Waals surface area contributed by atoms with Crippen LogP contribution in [0.15, 0.2) is 89.8 Å². The molecule has 1 aliphatic heterocycles. The Morgan fingerprint density at radius 3 is 2.06 bits per heavy atom. The van der Waals surface area contributed by atoms with Crippen LogP contribution in [-0.4, -0.2) is 45.4 Å². The second-order valence-corrected chi connectivity index (χ2v) is 11.1. The number of amides is 1. The quantitative estimate of drug-likeness (QED) is 0.390. The van der Waals surface area contributed by atoms with E-state index in [1.54, 1.807) is 54.6 Å². The van der Waals surface area contributed by atoms with E-state index in [9.17, 15) is 13.2 Å². The van der Waals surface area contributed by atoms with Crippen LogP contribution in [0.3, 0.4) is 0 Å². The zero-order valence-electron chi connectivity index (χ0n) is 20.7. The molecule has 1 N–H and O–H groups in total. The summed E-state index contributed by atoms with van der Waals surface area (Å²) in [6, 6.07) is 24.7. The molecule has 6 nitrogen and oxygen atoms in total. The Kier molecular flexibility index (Phi) is 9.14. The molecule has 4 rings (SSSR count). The molecule has 36 heavy (non-hydrogen) atoms. The van der Waals surface area contributed by atoms with E-state index >= 15 is 0 Å². The van der Waals surface area contributed by atoms with Crippen molar-refractivity contribution in [1.29, 1.82) is 0 Å². The van der Waals surface area contributed by atoms with Gasteiger partial charge in [0.05, 0.1) is 17.1 Å². The first-order chi connectivity index (χ1) is 17.5. The van der Waals surface area contributed by atoms with Crippen LogP contribution >= 0.6 is 0 Å². The SMILES string of the molecule is O=C(NCCCN1CCCCCC1)c1ccc(CN(c2ccccc2)S(=O)(=O)c2ccccc2)cc1. The number of carbonyl (C=O) groups excluding carboxylic acids is 1. The highest BCUT2D eigenvalue weighted by Crippen LogP contribution is 2.26. The van der Waals surface area contributed by atoms with Gasteiger partial charge in [0.1, 0.15) is 0 Å². The number of nitrogens with zero attached hydrogens (tertiary/aromatic N) is 2. The molecule has 1 heterocycles. The van der Waals surface area contributed by atoms with Gasteiger partial charge in [-0.2, -0.15) is 0 Å². The molecule has 1 aliphatic rings. The van der Waals surface area contributed by atoms with Gasteiger partial charge in [0.15, 0.2) is 0 Å². The van der Waals surface area contributed by atoms with Crippen molar-refractivity contribution >= 4 is 21.6 Å². The normalized spacial score (nSPS) is 14.7. The second-order valence-electron chi connectivity index (χ2n) is 9.22. The van der Waals surface area contributed by atoms with Crippen molar-refractivity contribution in [3.05, 3.63) is 96.1 Å². The van der Waals surface area contributed by atoms with Gasteiger partial charge in [0.25, 0.3) is 15.9 Å². The molecule has 0 atom stereocenters. The van der Waals surface area contributed by atoms with Gasteiger partial charge in [-0.3, -0.25) is 9.10 Å². The van der Waals surface area contributed by atoms with Crippen LogP contribution in [0.2, 0.25) is 0 Å². The highest BCUT2D eigenvalue weighted by molar-refractivity contribution is 7.92. The van der Waals surface area contributed by atoms with Crippen LogP contribution in [0.5, 0.6) is 0 Å². The molecular formula is C29H35N3O3S. The molecular weight excluding hydrogens is 470 g/mol. The number of hydrogen-bond acceptors (Lipinski definition) is 4. The van der Waals surface area contributed by atoms with Gasteiger partial charge >= 0.3 is 0 Å². The Morgan fingerprint density at radius 2 is 1.42 bits per heavy atom. The summed E-state index contributed by atoms with van der Waals surface area (Å²) >= 11 is 0. The average Bonchev–Trinajstić information content (AvgIpc) is 3.20. The molecule has 1 fully saturated rings. The summed E-state index contributed by atoms with van der Waals surface area (Å²) in [4.78, 5) is 15.4. The Hall–Kier alpha value is -3.16. The van der Waals surface area contributed by atoms with Gasteiger partial charge < -0.3 is 10.2 Å². The van der Waals surface area contributed by atoms with E-state index in [1.165, 1.54) is 30.0 Å². The van der Waals surface area contributed by atoms with E-state index in [1.807, 2.05) is 30.3 Å². The van der Waals surface area contributed by atoms with Crippen molar-refractivity contribution in [3.8, 4) is 0 Å². The Bertz CT molecular complexity index is 1190. The predicted molar refractivity (Wildman–Crippen MR) is 145 cm³/mol. The molecule has 0 bridgehead atoms. The van der Waals surface area contributed by atoms with Gasteiger partial charge in [-0.25, -0.2) is 8.42 Å². The minimum absolute atomic E-state index is 0.103. The second kappa shape index (κ2) is 12.7. The largest absolute Gasteiger partial charge is 0.352 e. The molecule has 3 aromatic carbocycles. The van der Waals surface area contributed by atoms with Crippen molar-refractivity contribution in [2.75, 3.05) is 30.5 Å². The number of likely N-dealkylation sites (tertiary alicyclic amines) is 1. The zero-order chi connectivity index (χ0) is 25.2. The van der Waals surface area contributed by atoms with Crippen LogP contribution < -0.4 is 9.62 Å². The molecule has 1 amide bonds. The molecule has 7 heteroatoms. The number of rotatable bonds is 10.